The van der Waals surface area contributed by atoms with Crippen LogP contribution in [-0.4, -0.2) is 11.9 Å². The minimum absolute atomic E-state index is 0.0253. The fraction of sp³-hybridized carbons (Fsp3) is 0.500. The van der Waals surface area contributed by atoms with E-state index in [1.54, 1.807) is 0 Å². The molecule has 3 N–H and O–H groups in total. The molecule has 3 nitrogen and oxygen atoms in total. The molecule has 18 heavy (non-hydrogen) atoms. The van der Waals surface area contributed by atoms with Gasteiger partial charge in [0.1, 0.15) is 0 Å². The van der Waals surface area contributed by atoms with Gasteiger partial charge in [-0.05, 0) is 37.5 Å². The molecule has 2 rings (SSSR count). The Bertz CT molecular complexity index is 432. The Hall–Kier alpha value is -1.06. The van der Waals surface area contributed by atoms with E-state index in [1.165, 1.54) is 0 Å². The molecule has 1 aromatic carbocycles. The van der Waals surface area contributed by atoms with E-state index in [0.717, 1.165) is 24.8 Å². The summed E-state index contributed by atoms with van der Waals surface area (Å²) in [4.78, 5) is 12.2. The number of nitrogens with two attached hydrogens (primary N) is 1. The topological polar surface area (TPSA) is 55.1 Å². The van der Waals surface area contributed by atoms with Crippen molar-refractivity contribution in [1.82, 2.24) is 5.32 Å². The number of carbonyl (C=O) groups excluding carboxylic acids is 1. The highest BCUT2D eigenvalue weighted by Gasteiger charge is 2.42. The smallest absolute Gasteiger partial charge is 0.227 e. The maximum atomic E-state index is 12.2. The molecule has 2 atom stereocenters. The van der Waals surface area contributed by atoms with Gasteiger partial charge in [-0.2, -0.15) is 0 Å². The standard InChI is InChI=1S/C14H19ClN2O/c1-14(8-2-3-12(14)16)13(18)17-9-10-4-6-11(15)7-5-10/h4-7,12H,2-3,8-9,16H2,1H3,(H,17,18). The van der Waals surface area contributed by atoms with E-state index in [1.807, 2.05) is 31.2 Å². The van der Waals surface area contributed by atoms with Crippen LogP contribution in [0.2, 0.25) is 5.02 Å². The van der Waals surface area contributed by atoms with Crippen molar-refractivity contribution in [2.75, 3.05) is 0 Å². The van der Waals surface area contributed by atoms with Crippen molar-refractivity contribution in [3.05, 3.63) is 34.9 Å². The molecule has 1 fully saturated rings. The summed E-state index contributed by atoms with van der Waals surface area (Å²) in [5.41, 5.74) is 6.66. The summed E-state index contributed by atoms with van der Waals surface area (Å²) in [6.45, 7) is 2.49. The average molecular weight is 267 g/mol. The highest BCUT2D eigenvalue weighted by Crippen LogP contribution is 2.36. The van der Waals surface area contributed by atoms with E-state index >= 15 is 0 Å². The summed E-state index contributed by atoms with van der Waals surface area (Å²) in [5, 5.41) is 3.67. The predicted molar refractivity (Wildman–Crippen MR) is 73.2 cm³/mol. The van der Waals surface area contributed by atoms with E-state index in [9.17, 15) is 4.79 Å². The molecular formula is C14H19ClN2O. The van der Waals surface area contributed by atoms with Crippen LogP contribution in [0.1, 0.15) is 31.7 Å². The van der Waals surface area contributed by atoms with Gasteiger partial charge in [-0.3, -0.25) is 4.79 Å². The quantitative estimate of drug-likeness (QED) is 0.883. The van der Waals surface area contributed by atoms with E-state index < -0.39 is 5.41 Å². The number of benzene rings is 1. The lowest BCUT2D eigenvalue weighted by Gasteiger charge is -2.27. The molecule has 2 unspecified atom stereocenters. The zero-order chi connectivity index (χ0) is 13.2. The maximum absolute atomic E-state index is 12.2. The first-order valence-corrected chi connectivity index (χ1v) is 6.68. The zero-order valence-corrected chi connectivity index (χ0v) is 11.3. The molecule has 1 aliphatic rings. The Kier molecular flexibility index (Phi) is 3.93. The summed E-state index contributed by atoms with van der Waals surface area (Å²) < 4.78 is 0. The summed E-state index contributed by atoms with van der Waals surface area (Å²) in [7, 11) is 0. The lowest BCUT2D eigenvalue weighted by atomic mass is 9.84. The molecule has 1 aromatic rings. The van der Waals surface area contributed by atoms with Crippen LogP contribution in [0, 0.1) is 5.41 Å². The van der Waals surface area contributed by atoms with E-state index in [4.69, 9.17) is 17.3 Å². The average Bonchev–Trinajstić information content (AvgIpc) is 2.70. The van der Waals surface area contributed by atoms with Crippen molar-refractivity contribution < 1.29 is 4.79 Å². The molecule has 0 bridgehead atoms. The van der Waals surface area contributed by atoms with Gasteiger partial charge in [0.15, 0.2) is 0 Å². The molecule has 4 heteroatoms. The van der Waals surface area contributed by atoms with Crippen molar-refractivity contribution >= 4 is 17.5 Å². The van der Waals surface area contributed by atoms with Crippen molar-refractivity contribution in [2.24, 2.45) is 11.1 Å². The number of hydrogen-bond acceptors (Lipinski definition) is 2. The van der Waals surface area contributed by atoms with Gasteiger partial charge in [0, 0.05) is 17.6 Å². The first kappa shape index (κ1) is 13.4. The second-order valence-corrected chi connectivity index (χ2v) is 5.66. The first-order chi connectivity index (χ1) is 8.52. The van der Waals surface area contributed by atoms with E-state index in [-0.39, 0.29) is 11.9 Å². The molecule has 0 heterocycles. The number of halogens is 1. The number of amides is 1. The largest absolute Gasteiger partial charge is 0.352 e. The van der Waals surface area contributed by atoms with Gasteiger partial charge in [0.2, 0.25) is 5.91 Å². The summed E-state index contributed by atoms with van der Waals surface area (Å²) in [6.07, 6.45) is 2.84. The molecule has 1 aliphatic carbocycles. The lowest BCUT2D eigenvalue weighted by Crippen LogP contribution is -2.47. The SMILES string of the molecule is CC1(C(=O)NCc2ccc(Cl)cc2)CCCC1N. The van der Waals surface area contributed by atoms with Crippen LogP contribution in [0.25, 0.3) is 0 Å². The van der Waals surface area contributed by atoms with Crippen LogP contribution in [0.4, 0.5) is 0 Å². The van der Waals surface area contributed by atoms with Gasteiger partial charge >= 0.3 is 0 Å². The van der Waals surface area contributed by atoms with Gasteiger partial charge < -0.3 is 11.1 Å². The normalized spacial score (nSPS) is 27.2. The van der Waals surface area contributed by atoms with Crippen molar-refractivity contribution in [1.29, 1.82) is 0 Å². The monoisotopic (exact) mass is 266 g/mol. The van der Waals surface area contributed by atoms with Crippen LogP contribution >= 0.6 is 11.6 Å². The molecule has 1 saturated carbocycles. The van der Waals surface area contributed by atoms with Crippen LogP contribution in [0.3, 0.4) is 0 Å². The van der Waals surface area contributed by atoms with Crippen LogP contribution in [-0.2, 0) is 11.3 Å². The van der Waals surface area contributed by atoms with Crippen LogP contribution < -0.4 is 11.1 Å². The van der Waals surface area contributed by atoms with Gasteiger partial charge in [0.25, 0.3) is 0 Å². The summed E-state index contributed by atoms with van der Waals surface area (Å²) in [5.74, 6) is 0.0578. The highest BCUT2D eigenvalue weighted by molar-refractivity contribution is 6.30. The third-order valence-corrected chi connectivity index (χ3v) is 4.17. The van der Waals surface area contributed by atoms with Gasteiger partial charge in [-0.1, -0.05) is 30.2 Å². The molecule has 1 amide bonds. The predicted octanol–water partition coefficient (Wildman–Crippen LogP) is 2.47. The molecule has 0 aliphatic heterocycles. The van der Waals surface area contributed by atoms with E-state index in [2.05, 4.69) is 5.32 Å². The Morgan fingerprint density at radius 1 is 1.50 bits per heavy atom. The highest BCUT2D eigenvalue weighted by atomic mass is 35.5. The first-order valence-electron chi connectivity index (χ1n) is 6.31. The van der Waals surface area contributed by atoms with E-state index in [0.29, 0.717) is 11.6 Å². The number of rotatable bonds is 3. The molecule has 0 radical (unpaired) electrons. The third kappa shape index (κ3) is 2.68. The van der Waals surface area contributed by atoms with Crippen molar-refractivity contribution in [3.8, 4) is 0 Å². The Balaban J connectivity index is 1.94. The van der Waals surface area contributed by atoms with Crippen LogP contribution in [0.15, 0.2) is 24.3 Å². The third-order valence-electron chi connectivity index (χ3n) is 3.91. The van der Waals surface area contributed by atoms with Gasteiger partial charge in [-0.25, -0.2) is 0 Å². The second-order valence-electron chi connectivity index (χ2n) is 5.23. The molecule has 98 valence electrons. The lowest BCUT2D eigenvalue weighted by molar-refractivity contribution is -0.130. The molecular weight excluding hydrogens is 248 g/mol. The van der Waals surface area contributed by atoms with Gasteiger partial charge in [-0.15, -0.1) is 0 Å². The maximum Gasteiger partial charge on any atom is 0.227 e. The van der Waals surface area contributed by atoms with Crippen molar-refractivity contribution in [2.45, 2.75) is 38.8 Å². The molecule has 0 aromatic heterocycles. The van der Waals surface area contributed by atoms with Crippen molar-refractivity contribution in [3.63, 3.8) is 0 Å². The number of nitrogens with one attached hydrogen (secondary N) is 1. The fourth-order valence-electron chi connectivity index (χ4n) is 2.46. The molecule has 0 spiro atoms. The van der Waals surface area contributed by atoms with Crippen LogP contribution in [0.5, 0.6) is 0 Å². The number of hydrogen-bond donors (Lipinski definition) is 2. The Morgan fingerprint density at radius 2 is 2.17 bits per heavy atom. The minimum Gasteiger partial charge on any atom is -0.352 e. The zero-order valence-electron chi connectivity index (χ0n) is 10.6. The number of carbonyl (C=O) groups is 1. The fourth-order valence-corrected chi connectivity index (χ4v) is 2.59. The van der Waals surface area contributed by atoms with Gasteiger partial charge in [0.05, 0.1) is 5.41 Å². The molecule has 0 saturated heterocycles. The Labute approximate surface area is 113 Å². The Morgan fingerprint density at radius 3 is 2.72 bits per heavy atom. The summed E-state index contributed by atoms with van der Waals surface area (Å²) >= 11 is 5.82. The summed E-state index contributed by atoms with van der Waals surface area (Å²) in [6, 6.07) is 7.46. The minimum atomic E-state index is -0.410. The second kappa shape index (κ2) is 5.29.